The Kier molecular flexibility index (Phi) is 4.54. The zero-order chi connectivity index (χ0) is 12.3. The van der Waals surface area contributed by atoms with E-state index in [-0.39, 0.29) is 0 Å². The van der Waals surface area contributed by atoms with Crippen LogP contribution in [0.4, 0.5) is 0 Å². The highest BCUT2D eigenvalue weighted by Crippen LogP contribution is 2.20. The molecule has 1 N–H and O–H groups in total. The van der Waals surface area contributed by atoms with E-state index in [1.165, 1.54) is 29.0 Å². The Balaban J connectivity index is 1.85. The number of aryl methyl sites for hydroxylation is 2. The summed E-state index contributed by atoms with van der Waals surface area (Å²) < 4.78 is 9.92. The van der Waals surface area contributed by atoms with E-state index >= 15 is 0 Å². The molecule has 0 saturated carbocycles. The zero-order valence-electron chi connectivity index (χ0n) is 11.0. The third-order valence-corrected chi connectivity index (χ3v) is 4.57. The van der Waals surface area contributed by atoms with Crippen molar-refractivity contribution in [3.8, 4) is 0 Å². The Morgan fingerprint density at radius 2 is 2.35 bits per heavy atom. The molecule has 0 bridgehead atoms. The minimum atomic E-state index is 0.522. The van der Waals surface area contributed by atoms with E-state index in [1.54, 1.807) is 11.5 Å². The highest BCUT2D eigenvalue weighted by atomic mass is 32.1. The second-order valence-corrected chi connectivity index (χ2v) is 5.93. The van der Waals surface area contributed by atoms with Gasteiger partial charge < -0.3 is 10.1 Å². The maximum Gasteiger partial charge on any atom is 0.0558 e. The van der Waals surface area contributed by atoms with Crippen molar-refractivity contribution in [2.24, 2.45) is 5.92 Å². The summed E-state index contributed by atoms with van der Waals surface area (Å²) in [5.74, 6) is 0.663. The molecule has 1 fully saturated rings. The van der Waals surface area contributed by atoms with Crippen molar-refractivity contribution in [2.75, 3.05) is 13.2 Å². The molecule has 0 spiro atoms. The van der Waals surface area contributed by atoms with Crippen molar-refractivity contribution in [1.29, 1.82) is 0 Å². The molecule has 2 atom stereocenters. The average Bonchev–Trinajstić information content (AvgIpc) is 2.67. The SMILES string of the molecule is Cc1nsc(C)c1CN[C@H](C)[C@@H]1CCCOC1. The molecule has 1 aromatic rings. The molecular formula is C13H22N2OS. The molecule has 1 saturated heterocycles. The normalized spacial score (nSPS) is 22.6. The van der Waals surface area contributed by atoms with E-state index in [2.05, 4.69) is 30.5 Å². The number of aromatic nitrogens is 1. The van der Waals surface area contributed by atoms with Gasteiger partial charge >= 0.3 is 0 Å². The third-order valence-electron chi connectivity index (χ3n) is 3.68. The van der Waals surface area contributed by atoms with Gasteiger partial charge in [-0.25, -0.2) is 0 Å². The Morgan fingerprint density at radius 3 is 2.94 bits per heavy atom. The monoisotopic (exact) mass is 254 g/mol. The lowest BCUT2D eigenvalue weighted by molar-refractivity contribution is 0.0417. The predicted octanol–water partition coefficient (Wildman–Crippen LogP) is 2.66. The van der Waals surface area contributed by atoms with Gasteiger partial charge in [-0.3, -0.25) is 0 Å². The van der Waals surface area contributed by atoms with Crippen LogP contribution in [0, 0.1) is 19.8 Å². The molecule has 0 unspecified atom stereocenters. The summed E-state index contributed by atoms with van der Waals surface area (Å²) in [6.07, 6.45) is 2.49. The minimum absolute atomic E-state index is 0.522. The number of hydrogen-bond acceptors (Lipinski definition) is 4. The van der Waals surface area contributed by atoms with E-state index in [0.29, 0.717) is 12.0 Å². The maximum absolute atomic E-state index is 5.54. The Labute approximate surface area is 108 Å². The summed E-state index contributed by atoms with van der Waals surface area (Å²) in [7, 11) is 0. The first-order valence-electron chi connectivity index (χ1n) is 6.41. The Bertz CT molecular complexity index is 339. The summed E-state index contributed by atoms with van der Waals surface area (Å²) in [5, 5.41) is 3.62. The summed E-state index contributed by atoms with van der Waals surface area (Å²) in [6.45, 7) is 9.30. The molecule has 0 radical (unpaired) electrons. The number of nitrogens with zero attached hydrogens (tertiary/aromatic N) is 1. The summed E-state index contributed by atoms with van der Waals surface area (Å²) in [4.78, 5) is 1.34. The van der Waals surface area contributed by atoms with Gasteiger partial charge in [0, 0.05) is 29.6 Å². The van der Waals surface area contributed by atoms with Crippen LogP contribution in [-0.4, -0.2) is 23.6 Å². The van der Waals surface area contributed by atoms with Gasteiger partial charge in [-0.15, -0.1) is 0 Å². The fourth-order valence-electron chi connectivity index (χ4n) is 2.34. The number of hydrogen-bond donors (Lipinski definition) is 1. The molecule has 0 aromatic carbocycles. The van der Waals surface area contributed by atoms with Crippen LogP contribution < -0.4 is 5.32 Å². The molecule has 3 nitrogen and oxygen atoms in total. The van der Waals surface area contributed by atoms with E-state index in [9.17, 15) is 0 Å². The smallest absolute Gasteiger partial charge is 0.0558 e. The molecule has 1 aliphatic heterocycles. The number of nitrogens with one attached hydrogen (secondary N) is 1. The molecule has 17 heavy (non-hydrogen) atoms. The van der Waals surface area contributed by atoms with Crippen molar-refractivity contribution in [3.05, 3.63) is 16.1 Å². The van der Waals surface area contributed by atoms with E-state index in [4.69, 9.17) is 4.74 Å². The van der Waals surface area contributed by atoms with Gasteiger partial charge in [0.15, 0.2) is 0 Å². The van der Waals surface area contributed by atoms with Crippen LogP contribution in [0.5, 0.6) is 0 Å². The van der Waals surface area contributed by atoms with Crippen LogP contribution in [0.2, 0.25) is 0 Å². The van der Waals surface area contributed by atoms with E-state index in [0.717, 1.165) is 19.8 Å². The average molecular weight is 254 g/mol. The van der Waals surface area contributed by atoms with Crippen molar-refractivity contribution in [3.63, 3.8) is 0 Å². The van der Waals surface area contributed by atoms with Gasteiger partial charge in [0.2, 0.25) is 0 Å². The summed E-state index contributed by atoms with van der Waals surface area (Å²) in [5.41, 5.74) is 2.55. The van der Waals surface area contributed by atoms with Crippen LogP contribution >= 0.6 is 11.5 Å². The lowest BCUT2D eigenvalue weighted by Crippen LogP contribution is -2.37. The molecule has 4 heteroatoms. The Hall–Kier alpha value is -0.450. The second kappa shape index (κ2) is 5.94. The number of ether oxygens (including phenoxy) is 1. The Morgan fingerprint density at radius 1 is 1.53 bits per heavy atom. The molecule has 0 aliphatic carbocycles. The van der Waals surface area contributed by atoms with Gasteiger partial charge in [0.05, 0.1) is 12.3 Å². The fourth-order valence-corrected chi connectivity index (χ4v) is 3.06. The van der Waals surface area contributed by atoms with Crippen LogP contribution in [0.3, 0.4) is 0 Å². The maximum atomic E-state index is 5.54. The van der Waals surface area contributed by atoms with Crippen molar-refractivity contribution in [1.82, 2.24) is 9.69 Å². The molecule has 1 aliphatic rings. The zero-order valence-corrected chi connectivity index (χ0v) is 11.8. The van der Waals surface area contributed by atoms with Crippen LogP contribution in [0.15, 0.2) is 0 Å². The molecule has 0 amide bonds. The lowest BCUT2D eigenvalue weighted by Gasteiger charge is -2.28. The van der Waals surface area contributed by atoms with Crippen molar-refractivity contribution in [2.45, 2.75) is 46.2 Å². The molecule has 2 rings (SSSR count). The molecule has 1 aromatic heterocycles. The first-order chi connectivity index (χ1) is 8.18. The topological polar surface area (TPSA) is 34.2 Å². The van der Waals surface area contributed by atoms with E-state index in [1.807, 2.05) is 0 Å². The van der Waals surface area contributed by atoms with Gasteiger partial charge in [0.25, 0.3) is 0 Å². The third kappa shape index (κ3) is 3.27. The van der Waals surface area contributed by atoms with Gasteiger partial charge in [-0.2, -0.15) is 4.37 Å². The quantitative estimate of drug-likeness (QED) is 0.897. The van der Waals surface area contributed by atoms with Crippen molar-refractivity contribution < 1.29 is 4.74 Å². The van der Waals surface area contributed by atoms with Gasteiger partial charge in [-0.1, -0.05) is 0 Å². The molecule has 96 valence electrons. The van der Waals surface area contributed by atoms with Crippen LogP contribution in [0.25, 0.3) is 0 Å². The highest BCUT2D eigenvalue weighted by molar-refractivity contribution is 7.05. The van der Waals surface area contributed by atoms with Crippen molar-refractivity contribution >= 4 is 11.5 Å². The molecular weight excluding hydrogens is 232 g/mol. The molecule has 2 heterocycles. The minimum Gasteiger partial charge on any atom is -0.381 e. The first-order valence-corrected chi connectivity index (χ1v) is 7.18. The van der Waals surface area contributed by atoms with Crippen LogP contribution in [-0.2, 0) is 11.3 Å². The highest BCUT2D eigenvalue weighted by Gasteiger charge is 2.20. The number of rotatable bonds is 4. The second-order valence-electron chi connectivity index (χ2n) is 4.95. The van der Waals surface area contributed by atoms with Crippen LogP contribution in [0.1, 0.15) is 35.9 Å². The summed E-state index contributed by atoms with van der Waals surface area (Å²) >= 11 is 1.60. The fraction of sp³-hybridized carbons (Fsp3) is 0.769. The van der Waals surface area contributed by atoms with E-state index < -0.39 is 0 Å². The van der Waals surface area contributed by atoms with Gasteiger partial charge in [0.1, 0.15) is 0 Å². The van der Waals surface area contributed by atoms with Gasteiger partial charge in [-0.05, 0) is 51.1 Å². The first kappa shape index (κ1) is 13.0. The lowest BCUT2D eigenvalue weighted by atomic mass is 9.95. The largest absolute Gasteiger partial charge is 0.381 e. The standard InChI is InChI=1S/C13H22N2OS/c1-9(12-5-4-6-16-8-12)14-7-13-10(2)15-17-11(13)3/h9,12,14H,4-8H2,1-3H3/t9-,12-/m1/s1. The predicted molar refractivity (Wildman–Crippen MR) is 71.4 cm³/mol. The summed E-state index contributed by atoms with van der Waals surface area (Å²) in [6, 6.07) is 0.522.